The van der Waals surface area contributed by atoms with Gasteiger partial charge in [0.05, 0.1) is 11.6 Å². The van der Waals surface area contributed by atoms with Gasteiger partial charge >= 0.3 is 0 Å². The third kappa shape index (κ3) is 1.49. The molecule has 0 saturated heterocycles. The molecule has 0 amide bonds. The van der Waals surface area contributed by atoms with Crippen molar-refractivity contribution in [3.8, 4) is 0 Å². The summed E-state index contributed by atoms with van der Waals surface area (Å²) in [5.41, 5.74) is 7.24. The van der Waals surface area contributed by atoms with Crippen molar-refractivity contribution in [2.24, 2.45) is 10.7 Å². The summed E-state index contributed by atoms with van der Waals surface area (Å²) in [6.45, 7) is 0.766. The van der Waals surface area contributed by atoms with Crippen LogP contribution >= 0.6 is 11.8 Å². The molecule has 2 N–H and O–H groups in total. The lowest BCUT2D eigenvalue weighted by Gasteiger charge is -1.99. The van der Waals surface area contributed by atoms with Crippen LogP contribution in [0.15, 0.2) is 4.99 Å². The van der Waals surface area contributed by atoms with Crippen molar-refractivity contribution in [2.45, 2.75) is 12.5 Å². The molecule has 0 bridgehead atoms. The first-order valence-corrected chi connectivity index (χ1v) is 3.81. The molecule has 0 aliphatic carbocycles. The third-order valence-electron chi connectivity index (χ3n) is 1.13. The highest BCUT2D eigenvalue weighted by atomic mass is 32.2. The van der Waals surface area contributed by atoms with E-state index >= 15 is 0 Å². The van der Waals surface area contributed by atoms with Gasteiger partial charge in [-0.25, -0.2) is 0 Å². The van der Waals surface area contributed by atoms with Gasteiger partial charge in [0.15, 0.2) is 0 Å². The van der Waals surface area contributed by atoms with Crippen molar-refractivity contribution >= 4 is 17.3 Å². The summed E-state index contributed by atoms with van der Waals surface area (Å²) in [5.74, 6) is 1.14. The summed E-state index contributed by atoms with van der Waals surface area (Å²) >= 11 is 1.77. The van der Waals surface area contributed by atoms with E-state index in [0.29, 0.717) is 6.04 Å². The smallest absolute Gasteiger partial charge is 0.0611 e. The Kier molecular flexibility index (Phi) is 2.36. The first-order chi connectivity index (χ1) is 3.93. The van der Waals surface area contributed by atoms with Crippen molar-refractivity contribution in [1.29, 1.82) is 0 Å². The van der Waals surface area contributed by atoms with Crippen LogP contribution in [0.4, 0.5) is 0 Å². The molecule has 0 unspecified atom stereocenters. The number of nitrogens with zero attached hydrogens (tertiary/aromatic N) is 1. The Hall–Kier alpha value is -0.0200. The van der Waals surface area contributed by atoms with E-state index in [0.717, 1.165) is 18.7 Å². The molecule has 0 radical (unpaired) electrons. The Morgan fingerprint density at radius 3 is 3.25 bits per heavy atom. The van der Waals surface area contributed by atoms with E-state index in [9.17, 15) is 0 Å². The molecule has 0 aromatic rings. The summed E-state index contributed by atoms with van der Waals surface area (Å²) in [6, 6.07) is 0.519. The van der Waals surface area contributed by atoms with Crippen molar-refractivity contribution in [3.63, 3.8) is 0 Å². The quantitative estimate of drug-likeness (QED) is 0.590. The lowest BCUT2D eigenvalue weighted by molar-refractivity contribution is 0.697. The lowest BCUT2D eigenvalue weighted by atomic mass is 10.2. The standard InChI is InChI=1S/C5H10N2S/c6-2-1-5-3-8-4-7-5/h4-5H,1-3,6H2/t5-/m1/s1. The second-order valence-electron chi connectivity index (χ2n) is 1.82. The van der Waals surface area contributed by atoms with Gasteiger partial charge in [0.25, 0.3) is 0 Å². The van der Waals surface area contributed by atoms with Gasteiger partial charge in [-0.05, 0) is 13.0 Å². The Balaban J connectivity index is 2.16. The Bertz CT molecular complexity index is 92.4. The largest absolute Gasteiger partial charge is 0.330 e. The minimum atomic E-state index is 0.519. The molecule has 0 aromatic heterocycles. The van der Waals surface area contributed by atoms with E-state index in [2.05, 4.69) is 4.99 Å². The van der Waals surface area contributed by atoms with Crippen LogP contribution in [0.2, 0.25) is 0 Å². The highest BCUT2D eigenvalue weighted by molar-refractivity contribution is 8.12. The highest BCUT2D eigenvalue weighted by Crippen LogP contribution is 2.12. The number of rotatable bonds is 2. The molecular weight excluding hydrogens is 120 g/mol. The van der Waals surface area contributed by atoms with Crippen LogP contribution in [0.25, 0.3) is 0 Å². The van der Waals surface area contributed by atoms with E-state index in [-0.39, 0.29) is 0 Å². The molecule has 0 spiro atoms. The molecule has 1 atom stereocenters. The fraction of sp³-hybridized carbons (Fsp3) is 0.800. The topological polar surface area (TPSA) is 38.4 Å². The second kappa shape index (κ2) is 3.10. The SMILES string of the molecule is NCC[C@@H]1CSC=N1. The molecule has 0 aromatic carbocycles. The van der Waals surface area contributed by atoms with E-state index < -0.39 is 0 Å². The maximum absolute atomic E-state index is 5.33. The predicted octanol–water partition coefficient (Wildman–Crippen LogP) is 0.479. The average molecular weight is 130 g/mol. The molecule has 3 heteroatoms. The van der Waals surface area contributed by atoms with Crippen LogP contribution in [0.3, 0.4) is 0 Å². The van der Waals surface area contributed by atoms with Crippen molar-refractivity contribution in [2.75, 3.05) is 12.3 Å². The molecular formula is C5H10N2S. The summed E-state index contributed by atoms with van der Waals surface area (Å²) < 4.78 is 0. The van der Waals surface area contributed by atoms with E-state index in [1.54, 1.807) is 11.8 Å². The Labute approximate surface area is 53.6 Å². The minimum Gasteiger partial charge on any atom is -0.330 e. The Morgan fingerprint density at radius 1 is 1.88 bits per heavy atom. The number of aliphatic imine (C=N–C) groups is 1. The van der Waals surface area contributed by atoms with Crippen LogP contribution in [-0.2, 0) is 0 Å². The molecule has 2 nitrogen and oxygen atoms in total. The monoisotopic (exact) mass is 130 g/mol. The summed E-state index contributed by atoms with van der Waals surface area (Å²) in [6.07, 6.45) is 1.05. The van der Waals surface area contributed by atoms with Crippen LogP contribution in [0, 0.1) is 0 Å². The maximum Gasteiger partial charge on any atom is 0.0611 e. The fourth-order valence-corrected chi connectivity index (χ4v) is 1.50. The summed E-state index contributed by atoms with van der Waals surface area (Å²) in [4.78, 5) is 4.18. The van der Waals surface area contributed by atoms with E-state index in [4.69, 9.17) is 5.73 Å². The van der Waals surface area contributed by atoms with Crippen molar-refractivity contribution in [3.05, 3.63) is 0 Å². The highest BCUT2D eigenvalue weighted by Gasteiger charge is 2.08. The zero-order valence-corrected chi connectivity index (χ0v) is 5.53. The number of thioether (sulfide) groups is 1. The van der Waals surface area contributed by atoms with Gasteiger partial charge in [0.1, 0.15) is 0 Å². The normalized spacial score (nSPS) is 26.9. The molecule has 1 heterocycles. The van der Waals surface area contributed by atoms with Crippen LogP contribution < -0.4 is 5.73 Å². The molecule has 1 aliphatic rings. The first kappa shape index (κ1) is 6.11. The zero-order chi connectivity index (χ0) is 5.82. The first-order valence-electron chi connectivity index (χ1n) is 2.77. The molecule has 0 fully saturated rings. The van der Waals surface area contributed by atoms with Crippen molar-refractivity contribution < 1.29 is 0 Å². The Morgan fingerprint density at radius 2 is 2.75 bits per heavy atom. The summed E-state index contributed by atoms with van der Waals surface area (Å²) in [5, 5.41) is 0. The average Bonchev–Trinajstić information content (AvgIpc) is 2.19. The lowest BCUT2D eigenvalue weighted by Crippen LogP contribution is -2.11. The maximum atomic E-state index is 5.33. The van der Waals surface area contributed by atoms with Gasteiger partial charge in [-0.2, -0.15) is 0 Å². The predicted molar refractivity (Wildman–Crippen MR) is 38.4 cm³/mol. The zero-order valence-electron chi connectivity index (χ0n) is 4.71. The van der Waals surface area contributed by atoms with Gasteiger partial charge in [-0.1, -0.05) is 0 Å². The fourth-order valence-electron chi connectivity index (χ4n) is 0.676. The van der Waals surface area contributed by atoms with Gasteiger partial charge < -0.3 is 5.73 Å². The van der Waals surface area contributed by atoms with Gasteiger partial charge in [0, 0.05) is 5.75 Å². The van der Waals surface area contributed by atoms with E-state index in [1.165, 1.54) is 0 Å². The minimum absolute atomic E-state index is 0.519. The van der Waals surface area contributed by atoms with Crippen LogP contribution in [0.5, 0.6) is 0 Å². The van der Waals surface area contributed by atoms with Crippen molar-refractivity contribution in [1.82, 2.24) is 0 Å². The third-order valence-corrected chi connectivity index (χ3v) is 1.98. The number of hydrogen-bond donors (Lipinski definition) is 1. The number of hydrogen-bond acceptors (Lipinski definition) is 3. The summed E-state index contributed by atoms with van der Waals surface area (Å²) in [7, 11) is 0. The van der Waals surface area contributed by atoms with Crippen LogP contribution in [0.1, 0.15) is 6.42 Å². The molecule has 1 rings (SSSR count). The molecule has 1 aliphatic heterocycles. The molecule has 8 heavy (non-hydrogen) atoms. The molecule has 0 saturated carbocycles. The van der Waals surface area contributed by atoms with Gasteiger partial charge in [-0.3, -0.25) is 4.99 Å². The second-order valence-corrected chi connectivity index (χ2v) is 2.70. The van der Waals surface area contributed by atoms with Crippen LogP contribution in [-0.4, -0.2) is 23.9 Å². The van der Waals surface area contributed by atoms with E-state index in [1.807, 2.05) is 5.55 Å². The van der Waals surface area contributed by atoms with Gasteiger partial charge in [-0.15, -0.1) is 11.8 Å². The number of nitrogens with two attached hydrogens (primary N) is 1. The molecule has 46 valence electrons. The van der Waals surface area contributed by atoms with Gasteiger partial charge in [0.2, 0.25) is 0 Å².